The SMILES string of the molecule is CCC1O/C(=C/NS(=O)(=O)/C(C#N)=C/c2ccc(N3CCCCC3)cc2)[C@@H](O)[C@H](O)[C@H]1O. The quantitative estimate of drug-likeness (QED) is 0.461. The van der Waals surface area contributed by atoms with Crippen LogP contribution in [0.15, 0.2) is 41.1 Å². The van der Waals surface area contributed by atoms with Crippen LogP contribution in [0, 0.1) is 11.3 Å². The van der Waals surface area contributed by atoms with E-state index in [1.807, 2.05) is 12.1 Å². The van der Waals surface area contributed by atoms with Gasteiger partial charge in [-0.3, -0.25) is 4.72 Å². The van der Waals surface area contributed by atoms with E-state index in [0.29, 0.717) is 12.0 Å². The normalized spacial score (nSPS) is 28.2. The van der Waals surface area contributed by atoms with Gasteiger partial charge in [0, 0.05) is 18.8 Å². The number of nitrogens with one attached hydrogen (secondary N) is 1. The molecule has 0 spiro atoms. The fraction of sp³-hybridized carbons (Fsp3) is 0.500. The number of benzene rings is 1. The van der Waals surface area contributed by atoms with Crippen LogP contribution in [-0.4, -0.2) is 61.2 Å². The Labute approximate surface area is 188 Å². The van der Waals surface area contributed by atoms with E-state index in [-0.39, 0.29) is 5.76 Å². The lowest BCUT2D eigenvalue weighted by atomic mass is 9.97. The fourth-order valence-electron chi connectivity index (χ4n) is 3.79. The van der Waals surface area contributed by atoms with Crippen molar-refractivity contribution in [1.29, 1.82) is 5.26 Å². The third-order valence-corrected chi connectivity index (χ3v) is 6.92. The number of nitrogens with zero attached hydrogens (tertiary/aromatic N) is 2. The van der Waals surface area contributed by atoms with E-state index >= 15 is 0 Å². The summed E-state index contributed by atoms with van der Waals surface area (Å²) >= 11 is 0. The molecule has 10 heteroatoms. The molecule has 2 saturated heterocycles. The molecule has 0 amide bonds. The van der Waals surface area contributed by atoms with Gasteiger partial charge in [-0.05, 0) is 49.5 Å². The first-order valence-electron chi connectivity index (χ1n) is 10.7. The smallest absolute Gasteiger partial charge is 0.271 e. The van der Waals surface area contributed by atoms with E-state index in [4.69, 9.17) is 4.74 Å². The molecule has 32 heavy (non-hydrogen) atoms. The van der Waals surface area contributed by atoms with E-state index in [0.717, 1.165) is 37.8 Å². The maximum absolute atomic E-state index is 12.6. The molecule has 2 heterocycles. The lowest BCUT2D eigenvalue weighted by Gasteiger charge is -2.36. The highest BCUT2D eigenvalue weighted by atomic mass is 32.2. The number of hydrogen-bond acceptors (Lipinski definition) is 8. The Kier molecular flexibility index (Phi) is 7.79. The third kappa shape index (κ3) is 5.42. The lowest BCUT2D eigenvalue weighted by Crippen LogP contribution is -2.51. The molecule has 9 nitrogen and oxygen atoms in total. The van der Waals surface area contributed by atoms with Crippen molar-refractivity contribution in [2.45, 2.75) is 57.0 Å². The number of aliphatic hydroxyl groups is 3. The summed E-state index contributed by atoms with van der Waals surface area (Å²) < 4.78 is 32.7. The zero-order valence-electron chi connectivity index (χ0n) is 17.9. The van der Waals surface area contributed by atoms with E-state index in [2.05, 4.69) is 9.62 Å². The molecule has 0 saturated carbocycles. The monoisotopic (exact) mass is 463 g/mol. The minimum atomic E-state index is -4.25. The Balaban J connectivity index is 1.75. The van der Waals surface area contributed by atoms with Crippen LogP contribution in [-0.2, 0) is 14.8 Å². The number of rotatable bonds is 6. The highest BCUT2D eigenvalue weighted by molar-refractivity contribution is 7.93. The summed E-state index contributed by atoms with van der Waals surface area (Å²) in [5.74, 6) is -0.235. The van der Waals surface area contributed by atoms with E-state index in [1.165, 1.54) is 12.5 Å². The van der Waals surface area contributed by atoms with Crippen molar-refractivity contribution in [3.63, 3.8) is 0 Å². The number of sulfonamides is 1. The van der Waals surface area contributed by atoms with Crippen molar-refractivity contribution in [1.82, 2.24) is 4.72 Å². The maximum atomic E-state index is 12.6. The van der Waals surface area contributed by atoms with Gasteiger partial charge in [-0.15, -0.1) is 0 Å². The van der Waals surface area contributed by atoms with Crippen molar-refractivity contribution >= 4 is 21.8 Å². The van der Waals surface area contributed by atoms with Gasteiger partial charge in [0.2, 0.25) is 0 Å². The number of allylic oxidation sites excluding steroid dienone is 1. The number of ether oxygens (including phenoxy) is 1. The number of aliphatic hydroxyl groups excluding tert-OH is 3. The molecule has 1 aromatic rings. The second-order valence-electron chi connectivity index (χ2n) is 7.92. The second kappa shape index (κ2) is 10.4. The summed E-state index contributed by atoms with van der Waals surface area (Å²) in [5.41, 5.74) is 1.61. The number of hydrogen-bond donors (Lipinski definition) is 4. The van der Waals surface area contributed by atoms with Crippen molar-refractivity contribution in [2.75, 3.05) is 18.0 Å². The van der Waals surface area contributed by atoms with Crippen LogP contribution in [0.3, 0.4) is 0 Å². The molecule has 174 valence electrons. The van der Waals surface area contributed by atoms with Crippen LogP contribution in [0.2, 0.25) is 0 Å². The highest BCUT2D eigenvalue weighted by Crippen LogP contribution is 2.26. The average molecular weight is 464 g/mol. The van der Waals surface area contributed by atoms with Gasteiger partial charge in [-0.1, -0.05) is 19.1 Å². The first-order chi connectivity index (χ1) is 15.3. The molecular weight excluding hydrogens is 434 g/mol. The molecule has 4 atom stereocenters. The topological polar surface area (TPSA) is 143 Å². The lowest BCUT2D eigenvalue weighted by molar-refractivity contribution is -0.156. The molecule has 1 unspecified atom stereocenters. The van der Waals surface area contributed by atoms with Gasteiger partial charge < -0.3 is 25.0 Å². The van der Waals surface area contributed by atoms with Crippen molar-refractivity contribution in [3.05, 3.63) is 46.7 Å². The maximum Gasteiger partial charge on any atom is 0.271 e. The molecule has 0 radical (unpaired) electrons. The zero-order chi connectivity index (χ0) is 23.3. The summed E-state index contributed by atoms with van der Waals surface area (Å²) in [6, 6.07) is 9.00. The van der Waals surface area contributed by atoms with Crippen molar-refractivity contribution in [2.24, 2.45) is 0 Å². The van der Waals surface area contributed by atoms with Gasteiger partial charge in [0.15, 0.2) is 4.91 Å². The number of piperidine rings is 1. The molecule has 1 aromatic carbocycles. The highest BCUT2D eigenvalue weighted by Gasteiger charge is 2.40. The fourth-order valence-corrected chi connectivity index (χ4v) is 4.60. The minimum Gasteiger partial charge on any atom is -0.488 e. The largest absolute Gasteiger partial charge is 0.488 e. The molecular formula is C22H29N3O6S. The minimum absolute atomic E-state index is 0.235. The Bertz CT molecular complexity index is 991. The Morgan fingerprint density at radius 1 is 1.19 bits per heavy atom. The number of anilines is 1. The van der Waals surface area contributed by atoms with Crippen LogP contribution >= 0.6 is 0 Å². The van der Waals surface area contributed by atoms with E-state index in [1.54, 1.807) is 25.1 Å². The Morgan fingerprint density at radius 2 is 1.84 bits per heavy atom. The molecule has 2 aliphatic heterocycles. The molecule has 4 N–H and O–H groups in total. The van der Waals surface area contributed by atoms with Crippen LogP contribution in [0.1, 0.15) is 38.2 Å². The van der Waals surface area contributed by atoms with E-state index in [9.17, 15) is 29.0 Å². The van der Waals surface area contributed by atoms with Crippen molar-refractivity contribution in [3.8, 4) is 6.07 Å². The van der Waals surface area contributed by atoms with Gasteiger partial charge >= 0.3 is 0 Å². The van der Waals surface area contributed by atoms with Gasteiger partial charge in [0.1, 0.15) is 36.2 Å². The Hall–Kier alpha value is -2.58. The standard InChI is InChI=1S/C22H29N3O6S/c1-2-18-20(26)22(28)21(27)19(31-18)14-24-32(29,30)17(13-23)12-15-6-8-16(9-7-15)25-10-4-3-5-11-25/h6-9,12,14,18,20-22,24,26-28H,2-5,10-11H2,1H3/b17-12+,19-14+/t18?,20-,21+,22+/m0/s1. The van der Waals surface area contributed by atoms with Gasteiger partial charge in [0.25, 0.3) is 10.0 Å². The summed E-state index contributed by atoms with van der Waals surface area (Å²) in [5, 5.41) is 39.3. The number of nitriles is 1. The third-order valence-electron chi connectivity index (χ3n) is 5.70. The van der Waals surface area contributed by atoms with Gasteiger partial charge in [-0.2, -0.15) is 5.26 Å². The molecule has 3 rings (SSSR count). The molecule has 2 fully saturated rings. The summed E-state index contributed by atoms with van der Waals surface area (Å²) in [4.78, 5) is 1.76. The predicted octanol–water partition coefficient (Wildman–Crippen LogP) is 1.19. The predicted molar refractivity (Wildman–Crippen MR) is 119 cm³/mol. The molecule has 0 aromatic heterocycles. The summed E-state index contributed by atoms with van der Waals surface area (Å²) in [7, 11) is -4.25. The first-order valence-corrected chi connectivity index (χ1v) is 12.1. The van der Waals surface area contributed by atoms with Gasteiger partial charge in [-0.25, -0.2) is 8.42 Å². The average Bonchev–Trinajstić information content (AvgIpc) is 2.81. The van der Waals surface area contributed by atoms with Gasteiger partial charge in [0.05, 0.1) is 6.20 Å². The summed E-state index contributed by atoms with van der Waals surface area (Å²) in [6.45, 7) is 3.70. The van der Waals surface area contributed by atoms with Crippen LogP contribution in [0.4, 0.5) is 5.69 Å². The molecule has 0 bridgehead atoms. The van der Waals surface area contributed by atoms with Crippen LogP contribution < -0.4 is 9.62 Å². The van der Waals surface area contributed by atoms with E-state index < -0.39 is 39.3 Å². The first kappa shape index (κ1) is 24.1. The Morgan fingerprint density at radius 3 is 2.44 bits per heavy atom. The van der Waals surface area contributed by atoms with Crippen LogP contribution in [0.5, 0.6) is 0 Å². The summed E-state index contributed by atoms with van der Waals surface area (Å²) in [6.07, 6.45) is 0.784. The van der Waals surface area contributed by atoms with Crippen molar-refractivity contribution < 1.29 is 28.5 Å². The van der Waals surface area contributed by atoms with Crippen LogP contribution in [0.25, 0.3) is 6.08 Å². The molecule has 0 aliphatic carbocycles. The zero-order valence-corrected chi connectivity index (χ0v) is 18.7. The molecule has 2 aliphatic rings. The second-order valence-corrected chi connectivity index (χ2v) is 9.60.